The van der Waals surface area contributed by atoms with Crippen LogP contribution in [0.5, 0.6) is 0 Å². The lowest BCUT2D eigenvalue weighted by atomic mass is 9.72. The van der Waals surface area contributed by atoms with Gasteiger partial charge in [-0.3, -0.25) is 0 Å². The molecule has 168 valence electrons. The monoisotopic (exact) mass is 400 g/mol. The normalized spacial score (nSPS) is 19.7. The first kappa shape index (κ1) is 25.9. The molecular formula is C24H48O4. The van der Waals surface area contributed by atoms with Crippen molar-refractivity contribution >= 4 is 0 Å². The SMILES string of the molecule is CCCCCC(C)(C)OOC1(OOC(C)(C)CCCCC)CCCCC1(C)C. The van der Waals surface area contributed by atoms with Crippen LogP contribution in [0.1, 0.15) is 132 Å². The molecule has 0 radical (unpaired) electrons. The number of unbranched alkanes of at least 4 members (excludes halogenated alkanes) is 4. The summed E-state index contributed by atoms with van der Waals surface area (Å²) in [5.41, 5.74) is -0.852. The van der Waals surface area contributed by atoms with Crippen LogP contribution in [0.3, 0.4) is 0 Å². The highest BCUT2D eigenvalue weighted by Gasteiger charge is 2.53. The number of hydrogen-bond donors (Lipinski definition) is 0. The van der Waals surface area contributed by atoms with Crippen molar-refractivity contribution in [3.63, 3.8) is 0 Å². The molecule has 0 saturated heterocycles. The first-order valence-corrected chi connectivity index (χ1v) is 11.7. The van der Waals surface area contributed by atoms with Crippen LogP contribution < -0.4 is 0 Å². The average Bonchev–Trinajstić information content (AvgIpc) is 2.60. The summed E-state index contributed by atoms with van der Waals surface area (Å²) >= 11 is 0. The molecular weight excluding hydrogens is 352 g/mol. The predicted molar refractivity (Wildman–Crippen MR) is 116 cm³/mol. The van der Waals surface area contributed by atoms with Gasteiger partial charge in [0.05, 0.1) is 11.2 Å². The third kappa shape index (κ3) is 8.30. The lowest BCUT2D eigenvalue weighted by Gasteiger charge is -2.48. The van der Waals surface area contributed by atoms with Crippen molar-refractivity contribution < 1.29 is 19.6 Å². The maximum Gasteiger partial charge on any atom is 0.238 e. The summed E-state index contributed by atoms with van der Waals surface area (Å²) in [6.07, 6.45) is 13.1. The van der Waals surface area contributed by atoms with Gasteiger partial charge in [0.25, 0.3) is 0 Å². The van der Waals surface area contributed by atoms with Crippen molar-refractivity contribution in [2.75, 3.05) is 0 Å². The summed E-state index contributed by atoms with van der Waals surface area (Å²) in [5, 5.41) is 0. The van der Waals surface area contributed by atoms with E-state index in [0.29, 0.717) is 0 Å². The van der Waals surface area contributed by atoms with Gasteiger partial charge in [0.1, 0.15) is 0 Å². The molecule has 4 heteroatoms. The van der Waals surface area contributed by atoms with Gasteiger partial charge in [-0.05, 0) is 53.4 Å². The predicted octanol–water partition coefficient (Wildman–Crippen LogP) is 7.90. The number of rotatable bonds is 14. The smallest absolute Gasteiger partial charge is 0.228 e. The summed E-state index contributed by atoms with van der Waals surface area (Å²) < 4.78 is 0. The zero-order valence-corrected chi connectivity index (χ0v) is 20.1. The Morgan fingerprint density at radius 1 is 0.679 bits per heavy atom. The largest absolute Gasteiger partial charge is 0.238 e. The standard InChI is InChI=1S/C24H48O4/c1-9-11-13-18-22(5,6)25-27-24(20-16-15-17-21(24,3)4)28-26-23(7,8)19-14-12-10-2/h9-20H2,1-8H3. The molecule has 0 unspecified atom stereocenters. The number of hydrogen-bond acceptors (Lipinski definition) is 4. The van der Waals surface area contributed by atoms with Gasteiger partial charge in [0.2, 0.25) is 5.79 Å². The van der Waals surface area contributed by atoms with Gasteiger partial charge in [0, 0.05) is 11.8 Å². The summed E-state index contributed by atoms with van der Waals surface area (Å²) in [6, 6.07) is 0. The quantitative estimate of drug-likeness (QED) is 0.128. The summed E-state index contributed by atoms with van der Waals surface area (Å²) in [7, 11) is 0. The summed E-state index contributed by atoms with van der Waals surface area (Å²) in [4.78, 5) is 24.3. The van der Waals surface area contributed by atoms with E-state index in [0.717, 1.165) is 44.9 Å². The lowest BCUT2D eigenvalue weighted by Crippen LogP contribution is -2.53. The minimum Gasteiger partial charge on any atom is -0.228 e. The second-order valence-corrected chi connectivity index (χ2v) is 10.6. The van der Waals surface area contributed by atoms with Crippen LogP contribution in [0, 0.1) is 5.41 Å². The molecule has 0 atom stereocenters. The topological polar surface area (TPSA) is 36.9 Å². The molecule has 4 nitrogen and oxygen atoms in total. The Labute approximate surface area is 174 Å². The molecule has 0 N–H and O–H groups in total. The van der Waals surface area contributed by atoms with Crippen LogP contribution in [0.4, 0.5) is 0 Å². The Morgan fingerprint density at radius 3 is 1.50 bits per heavy atom. The van der Waals surface area contributed by atoms with E-state index in [-0.39, 0.29) is 16.6 Å². The van der Waals surface area contributed by atoms with E-state index in [2.05, 4.69) is 55.4 Å². The Balaban J connectivity index is 2.78. The molecule has 0 bridgehead atoms. The molecule has 1 rings (SSSR count). The molecule has 0 aromatic heterocycles. The van der Waals surface area contributed by atoms with Crippen molar-refractivity contribution in [3.05, 3.63) is 0 Å². The second kappa shape index (κ2) is 11.3. The fourth-order valence-corrected chi connectivity index (χ4v) is 3.82. The maximum absolute atomic E-state index is 6.16. The summed E-state index contributed by atoms with van der Waals surface area (Å²) in [6.45, 7) is 17.2. The summed E-state index contributed by atoms with van der Waals surface area (Å²) in [5.74, 6) is -0.866. The molecule has 28 heavy (non-hydrogen) atoms. The molecule has 0 heterocycles. The zero-order valence-electron chi connectivity index (χ0n) is 20.1. The lowest BCUT2D eigenvalue weighted by molar-refractivity contribution is -0.568. The van der Waals surface area contributed by atoms with Gasteiger partial charge < -0.3 is 0 Å². The molecule has 0 aromatic rings. The minimum absolute atomic E-state index is 0.176. The first-order chi connectivity index (χ1) is 13.0. The van der Waals surface area contributed by atoms with Crippen LogP contribution >= 0.6 is 0 Å². The molecule has 0 amide bonds. The van der Waals surface area contributed by atoms with E-state index in [1.165, 1.54) is 32.1 Å². The minimum atomic E-state index is -0.866. The van der Waals surface area contributed by atoms with Crippen LogP contribution in [-0.4, -0.2) is 17.0 Å². The van der Waals surface area contributed by atoms with E-state index < -0.39 is 5.79 Å². The highest BCUT2D eigenvalue weighted by atomic mass is 17.3. The molecule has 1 saturated carbocycles. The zero-order chi connectivity index (χ0) is 21.3. The van der Waals surface area contributed by atoms with Crippen LogP contribution in [-0.2, 0) is 19.6 Å². The Hall–Kier alpha value is -0.160. The molecule has 1 aliphatic rings. The van der Waals surface area contributed by atoms with Gasteiger partial charge >= 0.3 is 0 Å². The van der Waals surface area contributed by atoms with Gasteiger partial charge in [0.15, 0.2) is 0 Å². The third-order valence-electron chi connectivity index (χ3n) is 6.16. The van der Waals surface area contributed by atoms with E-state index >= 15 is 0 Å². The van der Waals surface area contributed by atoms with Gasteiger partial charge in [-0.15, -0.1) is 0 Å². The maximum atomic E-state index is 6.16. The van der Waals surface area contributed by atoms with E-state index in [4.69, 9.17) is 19.6 Å². The molecule has 0 spiro atoms. The Morgan fingerprint density at radius 2 is 1.11 bits per heavy atom. The van der Waals surface area contributed by atoms with Crippen LogP contribution in [0.25, 0.3) is 0 Å². The molecule has 1 fully saturated rings. The Bertz CT molecular complexity index is 402. The molecule has 0 aromatic carbocycles. The van der Waals surface area contributed by atoms with E-state index in [9.17, 15) is 0 Å². The fraction of sp³-hybridized carbons (Fsp3) is 1.00. The van der Waals surface area contributed by atoms with Crippen molar-refractivity contribution in [2.45, 2.75) is 149 Å². The molecule has 0 aliphatic heterocycles. The van der Waals surface area contributed by atoms with Crippen LogP contribution in [0.2, 0.25) is 0 Å². The van der Waals surface area contributed by atoms with Crippen LogP contribution in [0.15, 0.2) is 0 Å². The first-order valence-electron chi connectivity index (χ1n) is 11.7. The average molecular weight is 401 g/mol. The van der Waals surface area contributed by atoms with Crippen molar-refractivity contribution in [1.29, 1.82) is 0 Å². The van der Waals surface area contributed by atoms with Gasteiger partial charge in [-0.1, -0.05) is 72.6 Å². The molecule has 1 aliphatic carbocycles. The second-order valence-electron chi connectivity index (χ2n) is 10.6. The highest BCUT2D eigenvalue weighted by Crippen LogP contribution is 2.48. The Kier molecular flexibility index (Phi) is 10.4. The van der Waals surface area contributed by atoms with Crippen molar-refractivity contribution in [1.82, 2.24) is 0 Å². The van der Waals surface area contributed by atoms with Gasteiger partial charge in [-0.25, -0.2) is 9.78 Å². The van der Waals surface area contributed by atoms with E-state index in [1.807, 2.05) is 0 Å². The van der Waals surface area contributed by atoms with E-state index in [1.54, 1.807) is 0 Å². The highest BCUT2D eigenvalue weighted by molar-refractivity contribution is 4.90. The fourth-order valence-electron chi connectivity index (χ4n) is 3.82. The van der Waals surface area contributed by atoms with Crippen molar-refractivity contribution in [3.8, 4) is 0 Å². The van der Waals surface area contributed by atoms with Gasteiger partial charge in [-0.2, -0.15) is 9.78 Å². The third-order valence-corrected chi connectivity index (χ3v) is 6.16. The van der Waals surface area contributed by atoms with Crippen molar-refractivity contribution in [2.24, 2.45) is 5.41 Å².